The van der Waals surface area contributed by atoms with Crippen molar-refractivity contribution in [3.8, 4) is 0 Å². The van der Waals surface area contributed by atoms with Gasteiger partial charge < -0.3 is 10.6 Å². The maximum absolute atomic E-state index is 12.4. The van der Waals surface area contributed by atoms with E-state index in [4.69, 9.17) is 5.73 Å². The predicted octanol–water partition coefficient (Wildman–Crippen LogP) is 1.80. The van der Waals surface area contributed by atoms with Crippen LogP contribution in [0.25, 0.3) is 0 Å². The van der Waals surface area contributed by atoms with Crippen molar-refractivity contribution in [1.82, 2.24) is 9.80 Å². The summed E-state index contributed by atoms with van der Waals surface area (Å²) < 4.78 is 0. The third kappa shape index (κ3) is 2.37. The van der Waals surface area contributed by atoms with Crippen LogP contribution in [0.3, 0.4) is 0 Å². The Balaban J connectivity index is 2.14. The minimum absolute atomic E-state index is 0.117. The van der Waals surface area contributed by atoms with Gasteiger partial charge in [-0.1, -0.05) is 0 Å². The number of amides is 1. The number of carbonyl (C=O) groups excluding carboxylic acids is 1. The van der Waals surface area contributed by atoms with Crippen LogP contribution in [0.1, 0.15) is 28.4 Å². The Bertz CT molecular complexity index is 426. The zero-order valence-corrected chi connectivity index (χ0v) is 12.3. The van der Waals surface area contributed by atoms with Crippen molar-refractivity contribution in [2.24, 2.45) is 0 Å². The Labute approximate surface area is 112 Å². The molecule has 0 saturated carbocycles. The molecule has 1 aromatic heterocycles. The summed E-state index contributed by atoms with van der Waals surface area (Å²) in [5.41, 5.74) is 6.54. The van der Waals surface area contributed by atoms with E-state index < -0.39 is 0 Å². The lowest BCUT2D eigenvalue weighted by Gasteiger charge is -2.42. The Morgan fingerprint density at radius 3 is 2.39 bits per heavy atom. The van der Waals surface area contributed by atoms with E-state index in [0.717, 1.165) is 28.5 Å². The average molecular weight is 267 g/mol. The number of thiophene rings is 1. The number of hydrogen-bond donors (Lipinski definition) is 1. The highest BCUT2D eigenvalue weighted by atomic mass is 32.1. The fourth-order valence-corrected chi connectivity index (χ4v) is 3.24. The van der Waals surface area contributed by atoms with Crippen molar-refractivity contribution in [2.45, 2.75) is 32.9 Å². The monoisotopic (exact) mass is 267 g/mol. The zero-order chi connectivity index (χ0) is 13.4. The van der Waals surface area contributed by atoms with Crippen LogP contribution >= 0.6 is 11.3 Å². The van der Waals surface area contributed by atoms with Gasteiger partial charge in [0.05, 0.1) is 4.88 Å². The second-order valence-corrected chi connectivity index (χ2v) is 6.45. The highest BCUT2D eigenvalue weighted by molar-refractivity contribution is 7.14. The highest BCUT2D eigenvalue weighted by Gasteiger charge is 2.30. The van der Waals surface area contributed by atoms with Gasteiger partial charge in [-0.25, -0.2) is 0 Å². The predicted molar refractivity (Wildman–Crippen MR) is 76.1 cm³/mol. The van der Waals surface area contributed by atoms with Crippen LogP contribution in [-0.2, 0) is 0 Å². The van der Waals surface area contributed by atoms with Crippen LogP contribution in [0.5, 0.6) is 0 Å². The molecule has 2 atom stereocenters. The van der Waals surface area contributed by atoms with Crippen molar-refractivity contribution in [3.05, 3.63) is 15.8 Å². The summed E-state index contributed by atoms with van der Waals surface area (Å²) in [6, 6.07) is 2.60. The fraction of sp³-hybridized carbons (Fsp3) is 0.615. The van der Waals surface area contributed by atoms with Gasteiger partial charge in [0.15, 0.2) is 0 Å². The number of hydrogen-bond acceptors (Lipinski definition) is 4. The molecule has 0 bridgehead atoms. The summed E-state index contributed by atoms with van der Waals surface area (Å²) in [6.45, 7) is 7.84. The molecule has 1 saturated heterocycles. The van der Waals surface area contributed by atoms with Crippen LogP contribution in [0, 0.1) is 6.92 Å². The first-order valence-corrected chi connectivity index (χ1v) is 7.09. The molecule has 1 amide bonds. The minimum Gasteiger partial charge on any atom is -0.398 e. The van der Waals surface area contributed by atoms with Gasteiger partial charge in [0.1, 0.15) is 0 Å². The van der Waals surface area contributed by atoms with Crippen molar-refractivity contribution in [1.29, 1.82) is 0 Å². The number of nitrogens with two attached hydrogens (primary N) is 1. The average Bonchev–Trinajstić information content (AvgIpc) is 2.65. The number of likely N-dealkylation sites (N-methyl/N-ethyl adjacent to an activating group) is 1. The van der Waals surface area contributed by atoms with Crippen LogP contribution < -0.4 is 5.73 Å². The molecule has 2 N–H and O–H groups in total. The number of aryl methyl sites for hydroxylation is 1. The first-order valence-electron chi connectivity index (χ1n) is 6.27. The molecule has 0 radical (unpaired) electrons. The molecule has 2 unspecified atom stereocenters. The summed E-state index contributed by atoms with van der Waals surface area (Å²) in [7, 11) is 2.12. The first kappa shape index (κ1) is 13.4. The van der Waals surface area contributed by atoms with Gasteiger partial charge in [-0.05, 0) is 33.9 Å². The molecule has 0 aromatic carbocycles. The van der Waals surface area contributed by atoms with Gasteiger partial charge in [-0.2, -0.15) is 0 Å². The molecule has 0 spiro atoms. The van der Waals surface area contributed by atoms with E-state index in [-0.39, 0.29) is 5.91 Å². The SMILES string of the molecule is Cc1sc(C(=O)N2CC(C)N(C)C(C)C2)cc1N. The Morgan fingerprint density at radius 1 is 1.39 bits per heavy atom. The Kier molecular flexibility index (Phi) is 3.64. The lowest BCUT2D eigenvalue weighted by molar-refractivity contribution is 0.0418. The number of anilines is 1. The first-order chi connectivity index (χ1) is 8.40. The molecule has 1 aliphatic rings. The summed E-state index contributed by atoms with van der Waals surface area (Å²) in [5, 5.41) is 0. The number of nitrogen functional groups attached to an aromatic ring is 1. The van der Waals surface area contributed by atoms with Gasteiger partial charge in [0, 0.05) is 35.7 Å². The van der Waals surface area contributed by atoms with Crippen LogP contribution in [0.2, 0.25) is 0 Å². The molecule has 0 aliphatic carbocycles. The van der Waals surface area contributed by atoms with E-state index in [1.807, 2.05) is 11.8 Å². The second kappa shape index (κ2) is 4.90. The van der Waals surface area contributed by atoms with Crippen LogP contribution in [-0.4, -0.2) is 47.9 Å². The van der Waals surface area contributed by atoms with Crippen LogP contribution in [0.4, 0.5) is 5.69 Å². The normalized spacial score (nSPS) is 25.4. The lowest BCUT2D eigenvalue weighted by atomic mass is 10.1. The van der Waals surface area contributed by atoms with Gasteiger partial charge in [0.2, 0.25) is 0 Å². The summed E-state index contributed by atoms with van der Waals surface area (Å²) in [5.74, 6) is 0.117. The third-order valence-electron chi connectivity index (χ3n) is 3.81. The minimum atomic E-state index is 0.117. The van der Waals surface area contributed by atoms with Crippen molar-refractivity contribution < 1.29 is 4.79 Å². The number of carbonyl (C=O) groups is 1. The molecule has 1 aromatic rings. The van der Waals surface area contributed by atoms with E-state index in [1.54, 1.807) is 6.07 Å². The van der Waals surface area contributed by atoms with E-state index >= 15 is 0 Å². The van der Waals surface area contributed by atoms with Gasteiger partial charge in [-0.3, -0.25) is 9.69 Å². The molecular formula is C13H21N3OS. The van der Waals surface area contributed by atoms with E-state index in [0.29, 0.717) is 12.1 Å². The van der Waals surface area contributed by atoms with E-state index in [2.05, 4.69) is 25.8 Å². The topological polar surface area (TPSA) is 49.6 Å². The fourth-order valence-electron chi connectivity index (χ4n) is 2.33. The summed E-state index contributed by atoms with van der Waals surface area (Å²) in [4.78, 5) is 18.5. The summed E-state index contributed by atoms with van der Waals surface area (Å²) in [6.07, 6.45) is 0. The molecule has 1 aliphatic heterocycles. The quantitative estimate of drug-likeness (QED) is 0.844. The van der Waals surface area contributed by atoms with Crippen molar-refractivity contribution in [2.75, 3.05) is 25.9 Å². The van der Waals surface area contributed by atoms with Crippen molar-refractivity contribution in [3.63, 3.8) is 0 Å². The maximum atomic E-state index is 12.4. The number of piperazine rings is 1. The van der Waals surface area contributed by atoms with Crippen LogP contribution in [0.15, 0.2) is 6.07 Å². The number of nitrogens with zero attached hydrogens (tertiary/aromatic N) is 2. The Hall–Kier alpha value is -1.07. The van der Waals surface area contributed by atoms with Gasteiger partial charge in [0.25, 0.3) is 5.91 Å². The lowest BCUT2D eigenvalue weighted by Crippen LogP contribution is -2.56. The molecule has 100 valence electrons. The van der Waals surface area contributed by atoms with Crippen molar-refractivity contribution >= 4 is 22.9 Å². The maximum Gasteiger partial charge on any atom is 0.264 e. The second-order valence-electron chi connectivity index (χ2n) is 5.20. The smallest absolute Gasteiger partial charge is 0.264 e. The largest absolute Gasteiger partial charge is 0.398 e. The number of rotatable bonds is 1. The molecular weight excluding hydrogens is 246 g/mol. The van der Waals surface area contributed by atoms with Gasteiger partial charge >= 0.3 is 0 Å². The zero-order valence-electron chi connectivity index (χ0n) is 11.4. The van der Waals surface area contributed by atoms with E-state index in [9.17, 15) is 4.79 Å². The highest BCUT2D eigenvalue weighted by Crippen LogP contribution is 2.26. The molecule has 4 nitrogen and oxygen atoms in total. The molecule has 2 heterocycles. The molecule has 2 rings (SSSR count). The Morgan fingerprint density at radius 2 is 1.94 bits per heavy atom. The molecule has 18 heavy (non-hydrogen) atoms. The summed E-state index contributed by atoms with van der Waals surface area (Å²) >= 11 is 1.49. The molecule has 1 fully saturated rings. The third-order valence-corrected chi connectivity index (χ3v) is 4.87. The molecule has 5 heteroatoms. The van der Waals surface area contributed by atoms with Gasteiger partial charge in [-0.15, -0.1) is 11.3 Å². The standard InChI is InChI=1S/C13H21N3OS/c1-8-6-16(7-9(2)15(8)4)13(17)12-5-11(14)10(3)18-12/h5,8-9H,6-7,14H2,1-4H3. The van der Waals surface area contributed by atoms with E-state index in [1.165, 1.54) is 11.3 Å².